The Morgan fingerprint density at radius 1 is 1.11 bits per heavy atom. The summed E-state index contributed by atoms with van der Waals surface area (Å²) in [5.74, 6) is 0.204. The predicted molar refractivity (Wildman–Crippen MR) is 109 cm³/mol. The Morgan fingerprint density at radius 3 is 2.46 bits per heavy atom. The number of carbonyl (C=O) groups is 1. The fourth-order valence-electron chi connectivity index (χ4n) is 3.43. The number of nitrogens with one attached hydrogen (secondary N) is 1. The van der Waals surface area contributed by atoms with Crippen molar-refractivity contribution in [3.8, 4) is 5.75 Å². The molecule has 0 atom stereocenters. The van der Waals surface area contributed by atoms with E-state index in [-0.39, 0.29) is 17.2 Å². The van der Waals surface area contributed by atoms with Crippen LogP contribution in [-0.2, 0) is 21.2 Å². The molecule has 1 aliphatic heterocycles. The number of methoxy groups -OCH3 is 1. The van der Waals surface area contributed by atoms with Gasteiger partial charge in [0.1, 0.15) is 5.75 Å². The molecule has 1 N–H and O–H groups in total. The second kappa shape index (κ2) is 8.32. The second-order valence-electron chi connectivity index (χ2n) is 7.13. The quantitative estimate of drug-likeness (QED) is 0.805. The van der Waals surface area contributed by atoms with Gasteiger partial charge in [-0.2, -0.15) is 4.31 Å². The SMILES string of the molecule is COc1ccc(S(=O)(=O)N2CCCC2)cc1NC(=O)Cc1ccc(C)cc1C. The highest BCUT2D eigenvalue weighted by molar-refractivity contribution is 7.89. The van der Waals surface area contributed by atoms with Crippen molar-refractivity contribution in [2.45, 2.75) is 38.0 Å². The van der Waals surface area contributed by atoms with E-state index in [4.69, 9.17) is 4.74 Å². The molecule has 150 valence electrons. The number of anilines is 1. The lowest BCUT2D eigenvalue weighted by Gasteiger charge is -2.17. The molecule has 28 heavy (non-hydrogen) atoms. The zero-order valence-corrected chi connectivity index (χ0v) is 17.3. The maximum Gasteiger partial charge on any atom is 0.243 e. The topological polar surface area (TPSA) is 75.7 Å². The second-order valence-corrected chi connectivity index (χ2v) is 9.07. The summed E-state index contributed by atoms with van der Waals surface area (Å²) in [7, 11) is -2.08. The van der Waals surface area contributed by atoms with Gasteiger partial charge in [-0.15, -0.1) is 0 Å². The molecule has 6 nitrogen and oxygen atoms in total. The summed E-state index contributed by atoms with van der Waals surface area (Å²) in [4.78, 5) is 12.7. The van der Waals surface area contributed by atoms with Crippen molar-refractivity contribution in [2.24, 2.45) is 0 Å². The third-order valence-corrected chi connectivity index (χ3v) is 6.89. The first kappa shape index (κ1) is 20.4. The molecule has 0 spiro atoms. The van der Waals surface area contributed by atoms with Gasteiger partial charge < -0.3 is 10.1 Å². The molecule has 1 aliphatic rings. The van der Waals surface area contributed by atoms with Crippen molar-refractivity contribution in [3.05, 3.63) is 53.1 Å². The molecule has 0 aromatic heterocycles. The van der Waals surface area contributed by atoms with E-state index in [2.05, 4.69) is 5.32 Å². The summed E-state index contributed by atoms with van der Waals surface area (Å²) in [6.07, 6.45) is 1.95. The number of nitrogens with zero attached hydrogens (tertiary/aromatic N) is 1. The van der Waals surface area contributed by atoms with Gasteiger partial charge in [-0.3, -0.25) is 4.79 Å². The molecule has 1 saturated heterocycles. The summed E-state index contributed by atoms with van der Waals surface area (Å²) < 4.78 is 32.4. The summed E-state index contributed by atoms with van der Waals surface area (Å²) in [5, 5.41) is 2.81. The lowest BCUT2D eigenvalue weighted by atomic mass is 10.0. The number of benzene rings is 2. The third kappa shape index (κ3) is 4.36. The smallest absolute Gasteiger partial charge is 0.243 e. The van der Waals surface area contributed by atoms with E-state index < -0.39 is 10.0 Å². The minimum Gasteiger partial charge on any atom is -0.495 e. The normalized spacial score (nSPS) is 14.8. The number of amides is 1. The van der Waals surface area contributed by atoms with E-state index in [9.17, 15) is 13.2 Å². The standard InChI is InChI=1S/C21H26N2O4S/c1-15-6-7-17(16(2)12-15)13-21(24)22-19-14-18(8-9-20(19)27-3)28(25,26)23-10-4-5-11-23/h6-9,12,14H,4-5,10-11,13H2,1-3H3,(H,22,24). The van der Waals surface area contributed by atoms with Gasteiger partial charge in [-0.1, -0.05) is 23.8 Å². The summed E-state index contributed by atoms with van der Waals surface area (Å²) >= 11 is 0. The Bertz CT molecular complexity index is 980. The molecule has 0 bridgehead atoms. The molecule has 1 heterocycles. The number of hydrogen-bond acceptors (Lipinski definition) is 4. The van der Waals surface area contributed by atoms with E-state index in [1.165, 1.54) is 23.5 Å². The predicted octanol–water partition coefficient (Wildman–Crippen LogP) is 3.28. The van der Waals surface area contributed by atoms with E-state index >= 15 is 0 Å². The number of ether oxygens (including phenoxy) is 1. The molecule has 3 rings (SSSR count). The van der Waals surface area contributed by atoms with E-state index in [0.29, 0.717) is 24.5 Å². The highest BCUT2D eigenvalue weighted by Gasteiger charge is 2.28. The van der Waals surface area contributed by atoms with Crippen molar-refractivity contribution in [2.75, 3.05) is 25.5 Å². The van der Waals surface area contributed by atoms with Crippen molar-refractivity contribution in [1.29, 1.82) is 0 Å². The summed E-state index contributed by atoms with van der Waals surface area (Å²) in [5.41, 5.74) is 3.48. The number of sulfonamides is 1. The molecule has 0 aliphatic carbocycles. The highest BCUT2D eigenvalue weighted by Crippen LogP contribution is 2.30. The lowest BCUT2D eigenvalue weighted by Crippen LogP contribution is -2.28. The van der Waals surface area contributed by atoms with Crippen molar-refractivity contribution >= 4 is 21.6 Å². The number of hydrogen-bond donors (Lipinski definition) is 1. The molecule has 2 aromatic carbocycles. The van der Waals surface area contributed by atoms with Gasteiger partial charge in [0.2, 0.25) is 15.9 Å². The van der Waals surface area contributed by atoms with Crippen LogP contribution in [0.4, 0.5) is 5.69 Å². The van der Waals surface area contributed by atoms with E-state index in [1.807, 2.05) is 32.0 Å². The van der Waals surface area contributed by atoms with E-state index in [1.54, 1.807) is 6.07 Å². The lowest BCUT2D eigenvalue weighted by molar-refractivity contribution is -0.115. The molecule has 2 aromatic rings. The minimum absolute atomic E-state index is 0.164. The van der Waals surface area contributed by atoms with Crippen LogP contribution >= 0.6 is 0 Å². The Balaban J connectivity index is 1.83. The molecule has 0 unspecified atom stereocenters. The Hall–Kier alpha value is -2.38. The van der Waals surface area contributed by atoms with Crippen molar-refractivity contribution < 1.29 is 17.9 Å². The van der Waals surface area contributed by atoms with Gasteiger partial charge in [0.25, 0.3) is 0 Å². The van der Waals surface area contributed by atoms with E-state index in [0.717, 1.165) is 29.5 Å². The van der Waals surface area contributed by atoms with Gasteiger partial charge in [-0.05, 0) is 56.0 Å². The summed E-state index contributed by atoms with van der Waals surface area (Å²) in [6.45, 7) is 5.04. The van der Waals surface area contributed by atoms with Crippen molar-refractivity contribution in [1.82, 2.24) is 4.31 Å². The maximum atomic E-state index is 12.8. The van der Waals surface area contributed by atoms with Gasteiger partial charge in [0.05, 0.1) is 24.1 Å². The molecular weight excluding hydrogens is 376 g/mol. The zero-order chi connectivity index (χ0) is 20.3. The highest BCUT2D eigenvalue weighted by atomic mass is 32.2. The average molecular weight is 403 g/mol. The van der Waals surface area contributed by atoms with Crippen LogP contribution in [0.15, 0.2) is 41.3 Å². The first-order valence-electron chi connectivity index (χ1n) is 9.35. The third-order valence-electron chi connectivity index (χ3n) is 5.00. The van der Waals surface area contributed by atoms with Gasteiger partial charge in [0, 0.05) is 13.1 Å². The molecular formula is C21H26N2O4S. The Labute approximate surface area is 166 Å². The zero-order valence-electron chi connectivity index (χ0n) is 16.5. The minimum atomic E-state index is -3.57. The maximum absolute atomic E-state index is 12.8. The molecule has 1 fully saturated rings. The monoisotopic (exact) mass is 402 g/mol. The Kier molecular flexibility index (Phi) is 6.05. The van der Waals surface area contributed by atoms with Crippen LogP contribution in [0.2, 0.25) is 0 Å². The van der Waals surface area contributed by atoms with Crippen LogP contribution < -0.4 is 10.1 Å². The first-order valence-corrected chi connectivity index (χ1v) is 10.8. The average Bonchev–Trinajstić information content (AvgIpc) is 3.19. The van der Waals surface area contributed by atoms with Gasteiger partial charge >= 0.3 is 0 Å². The fourth-order valence-corrected chi connectivity index (χ4v) is 4.98. The van der Waals surface area contributed by atoms with Gasteiger partial charge in [0.15, 0.2) is 0 Å². The fraction of sp³-hybridized carbons (Fsp3) is 0.381. The van der Waals surface area contributed by atoms with Crippen LogP contribution in [0, 0.1) is 13.8 Å². The number of aryl methyl sites for hydroxylation is 2. The van der Waals surface area contributed by atoms with Crippen molar-refractivity contribution in [3.63, 3.8) is 0 Å². The van der Waals surface area contributed by atoms with Crippen LogP contribution in [0.3, 0.4) is 0 Å². The van der Waals surface area contributed by atoms with Gasteiger partial charge in [-0.25, -0.2) is 8.42 Å². The molecule has 0 radical (unpaired) electrons. The summed E-state index contributed by atoms with van der Waals surface area (Å²) in [6, 6.07) is 10.5. The van der Waals surface area contributed by atoms with Crippen LogP contribution in [-0.4, -0.2) is 38.8 Å². The first-order chi connectivity index (χ1) is 13.3. The molecule has 7 heteroatoms. The number of carbonyl (C=O) groups excluding carboxylic acids is 1. The van der Waals surface area contributed by atoms with Crippen LogP contribution in [0.25, 0.3) is 0 Å². The molecule has 0 saturated carbocycles. The number of rotatable bonds is 6. The largest absolute Gasteiger partial charge is 0.495 e. The Morgan fingerprint density at radius 2 is 1.82 bits per heavy atom. The van der Waals surface area contributed by atoms with Crippen LogP contribution in [0.5, 0.6) is 5.75 Å². The van der Waals surface area contributed by atoms with Crippen LogP contribution in [0.1, 0.15) is 29.5 Å². The molecule has 1 amide bonds.